The van der Waals surface area contributed by atoms with Gasteiger partial charge in [-0.1, -0.05) is 20.8 Å². The van der Waals surface area contributed by atoms with E-state index in [0.29, 0.717) is 41.7 Å². The Balaban J connectivity index is 1.75. The van der Waals surface area contributed by atoms with Gasteiger partial charge in [0.2, 0.25) is 11.7 Å². The summed E-state index contributed by atoms with van der Waals surface area (Å²) in [5.74, 6) is 0.609. The molecule has 170 valence electrons. The molecule has 1 spiro atoms. The fourth-order valence-corrected chi connectivity index (χ4v) is 5.15. The van der Waals surface area contributed by atoms with Crippen molar-refractivity contribution in [2.45, 2.75) is 45.6 Å². The van der Waals surface area contributed by atoms with Gasteiger partial charge in [0.25, 0.3) is 5.91 Å². The van der Waals surface area contributed by atoms with Gasteiger partial charge >= 0.3 is 6.03 Å². The molecule has 1 aliphatic heterocycles. The molecule has 1 aromatic rings. The average molecular weight is 434 g/mol. The van der Waals surface area contributed by atoms with Gasteiger partial charge in [0.1, 0.15) is 12.1 Å². The molecule has 9 heteroatoms. The van der Waals surface area contributed by atoms with Crippen LogP contribution in [0.2, 0.25) is 0 Å². The number of carbonyl (C=O) groups excluding carboxylic acids is 3. The largest absolute Gasteiger partial charge is 0.493 e. The number of nitrogens with one attached hydrogen (secondary N) is 2. The van der Waals surface area contributed by atoms with Gasteiger partial charge in [-0.25, -0.2) is 4.79 Å². The number of urea groups is 1. The van der Waals surface area contributed by atoms with Crippen molar-refractivity contribution in [2.75, 3.05) is 33.2 Å². The number of hydrogen-bond donors (Lipinski definition) is 2. The van der Waals surface area contributed by atoms with Crippen molar-refractivity contribution in [1.82, 2.24) is 10.2 Å². The van der Waals surface area contributed by atoms with Crippen LogP contribution in [0.25, 0.3) is 0 Å². The maximum absolute atomic E-state index is 13.2. The van der Waals surface area contributed by atoms with Gasteiger partial charge in [0.15, 0.2) is 11.5 Å². The minimum Gasteiger partial charge on any atom is -0.493 e. The van der Waals surface area contributed by atoms with Crippen LogP contribution in [0.5, 0.6) is 17.2 Å². The third kappa shape index (κ3) is 4.40. The maximum Gasteiger partial charge on any atom is 0.325 e. The third-order valence-corrected chi connectivity index (χ3v) is 5.87. The molecule has 1 saturated carbocycles. The van der Waals surface area contributed by atoms with Gasteiger partial charge in [-0.05, 0) is 30.6 Å². The van der Waals surface area contributed by atoms with Gasteiger partial charge < -0.3 is 24.8 Å². The van der Waals surface area contributed by atoms with E-state index < -0.39 is 17.5 Å². The number of ether oxygens (including phenoxy) is 3. The molecule has 1 heterocycles. The Hall–Kier alpha value is -2.97. The number of rotatable bonds is 6. The highest BCUT2D eigenvalue weighted by molar-refractivity contribution is 6.10. The molecule has 0 radical (unpaired) electrons. The highest BCUT2D eigenvalue weighted by Crippen LogP contribution is 2.46. The first-order valence-electron chi connectivity index (χ1n) is 10.3. The van der Waals surface area contributed by atoms with E-state index in [1.54, 1.807) is 12.1 Å². The first-order valence-corrected chi connectivity index (χ1v) is 10.3. The van der Waals surface area contributed by atoms with Gasteiger partial charge in [-0.2, -0.15) is 0 Å². The van der Waals surface area contributed by atoms with Gasteiger partial charge in [0, 0.05) is 17.8 Å². The lowest BCUT2D eigenvalue weighted by molar-refractivity contribution is -0.136. The summed E-state index contributed by atoms with van der Waals surface area (Å²) >= 11 is 0. The van der Waals surface area contributed by atoms with Gasteiger partial charge in [-0.15, -0.1) is 0 Å². The van der Waals surface area contributed by atoms with Crippen LogP contribution in [0, 0.1) is 11.3 Å². The number of anilines is 1. The van der Waals surface area contributed by atoms with Crippen molar-refractivity contribution in [1.29, 1.82) is 0 Å². The van der Waals surface area contributed by atoms with Gasteiger partial charge in [-0.3, -0.25) is 14.5 Å². The maximum atomic E-state index is 13.2. The first-order chi connectivity index (χ1) is 14.5. The van der Waals surface area contributed by atoms with Crippen LogP contribution < -0.4 is 24.8 Å². The van der Waals surface area contributed by atoms with E-state index in [0.717, 1.165) is 11.3 Å². The molecule has 4 amide bonds. The predicted molar refractivity (Wildman–Crippen MR) is 114 cm³/mol. The summed E-state index contributed by atoms with van der Waals surface area (Å²) in [5.41, 5.74) is -0.617. The van der Waals surface area contributed by atoms with Crippen molar-refractivity contribution >= 4 is 23.5 Å². The molecular formula is C22H31N3O6. The van der Waals surface area contributed by atoms with E-state index in [1.165, 1.54) is 21.3 Å². The van der Waals surface area contributed by atoms with Crippen LogP contribution in [-0.4, -0.2) is 56.2 Å². The standard InChI is InChI=1S/C22H31N3O6/c1-13-9-21(2,3)12-22(10-13)19(27)25(20(28)24-22)11-17(26)23-14-7-15(29-4)18(31-6)16(8-14)30-5/h7-8,13H,9-12H2,1-6H3,(H,23,26)(H,24,28). The molecule has 0 aromatic heterocycles. The molecule has 1 aliphatic carbocycles. The molecule has 2 unspecified atom stereocenters. The lowest BCUT2D eigenvalue weighted by Crippen LogP contribution is -2.54. The van der Waals surface area contributed by atoms with Crippen LogP contribution >= 0.6 is 0 Å². The molecule has 3 rings (SSSR count). The van der Waals surface area contributed by atoms with Crippen molar-refractivity contribution in [3.05, 3.63) is 12.1 Å². The normalized spacial score (nSPS) is 24.7. The number of carbonyl (C=O) groups is 3. The number of imide groups is 1. The monoisotopic (exact) mass is 433 g/mol. The number of nitrogens with zero attached hydrogens (tertiary/aromatic N) is 1. The van der Waals surface area contributed by atoms with E-state index >= 15 is 0 Å². The van der Waals surface area contributed by atoms with Crippen molar-refractivity contribution in [3.8, 4) is 17.2 Å². The molecule has 9 nitrogen and oxygen atoms in total. The Morgan fingerprint density at radius 2 is 1.74 bits per heavy atom. The third-order valence-electron chi connectivity index (χ3n) is 5.87. The Morgan fingerprint density at radius 1 is 1.13 bits per heavy atom. The van der Waals surface area contributed by atoms with Crippen LogP contribution in [0.4, 0.5) is 10.5 Å². The summed E-state index contributed by atoms with van der Waals surface area (Å²) in [4.78, 5) is 39.5. The molecule has 31 heavy (non-hydrogen) atoms. The van der Waals surface area contributed by atoms with E-state index in [1.807, 2.05) is 0 Å². The lowest BCUT2D eigenvalue weighted by Gasteiger charge is -2.43. The molecular weight excluding hydrogens is 402 g/mol. The molecule has 1 saturated heterocycles. The Labute approximate surface area is 182 Å². The minimum absolute atomic E-state index is 0.0743. The predicted octanol–water partition coefficient (Wildman–Crippen LogP) is 2.79. The lowest BCUT2D eigenvalue weighted by atomic mass is 9.64. The zero-order chi connectivity index (χ0) is 23.0. The van der Waals surface area contributed by atoms with Crippen LogP contribution in [-0.2, 0) is 9.59 Å². The number of methoxy groups -OCH3 is 3. The van der Waals surface area contributed by atoms with Gasteiger partial charge in [0.05, 0.1) is 21.3 Å². The topological polar surface area (TPSA) is 106 Å². The zero-order valence-corrected chi connectivity index (χ0v) is 19.0. The second-order valence-corrected chi connectivity index (χ2v) is 9.22. The summed E-state index contributed by atoms with van der Waals surface area (Å²) in [6.45, 7) is 5.91. The smallest absolute Gasteiger partial charge is 0.325 e. The summed E-state index contributed by atoms with van der Waals surface area (Å²) in [7, 11) is 4.43. The van der Waals surface area contributed by atoms with Crippen molar-refractivity contribution in [3.63, 3.8) is 0 Å². The van der Waals surface area contributed by atoms with Crippen LogP contribution in [0.15, 0.2) is 12.1 Å². The number of benzene rings is 1. The fourth-order valence-electron chi connectivity index (χ4n) is 5.15. The SMILES string of the molecule is COc1cc(NC(=O)CN2C(=O)NC3(CC(C)CC(C)(C)C3)C2=O)cc(OC)c1OC. The molecule has 2 N–H and O–H groups in total. The first kappa shape index (κ1) is 22.7. The van der Waals surface area contributed by atoms with E-state index in [-0.39, 0.29) is 17.9 Å². The number of hydrogen-bond acceptors (Lipinski definition) is 6. The zero-order valence-electron chi connectivity index (χ0n) is 19.0. The minimum atomic E-state index is -0.939. The average Bonchev–Trinajstić information content (AvgIpc) is 2.88. The molecule has 1 aromatic carbocycles. The summed E-state index contributed by atoms with van der Waals surface area (Å²) in [5, 5.41) is 5.58. The molecule has 2 aliphatic rings. The van der Waals surface area contributed by atoms with Crippen molar-refractivity contribution in [2.24, 2.45) is 11.3 Å². The Morgan fingerprint density at radius 3 is 2.26 bits per heavy atom. The Bertz CT molecular complexity index is 874. The van der Waals surface area contributed by atoms with E-state index in [9.17, 15) is 14.4 Å². The van der Waals surface area contributed by atoms with Crippen molar-refractivity contribution < 1.29 is 28.6 Å². The summed E-state index contributed by atoms with van der Waals surface area (Å²) in [6, 6.07) is 2.63. The van der Waals surface area contributed by atoms with E-state index in [2.05, 4.69) is 31.4 Å². The molecule has 2 atom stereocenters. The molecule has 0 bridgehead atoms. The second kappa shape index (κ2) is 8.28. The molecule has 2 fully saturated rings. The highest BCUT2D eigenvalue weighted by Gasteiger charge is 2.56. The summed E-state index contributed by atoms with van der Waals surface area (Å²) in [6.07, 6.45) is 2.12. The van der Waals surface area contributed by atoms with Crippen LogP contribution in [0.3, 0.4) is 0 Å². The van der Waals surface area contributed by atoms with E-state index in [4.69, 9.17) is 14.2 Å². The summed E-state index contributed by atoms with van der Waals surface area (Å²) < 4.78 is 15.9. The number of amides is 4. The fraction of sp³-hybridized carbons (Fsp3) is 0.591. The highest BCUT2D eigenvalue weighted by atomic mass is 16.5. The van der Waals surface area contributed by atoms with Crippen LogP contribution in [0.1, 0.15) is 40.0 Å². The quantitative estimate of drug-likeness (QED) is 0.668. The second-order valence-electron chi connectivity index (χ2n) is 9.22. The Kier molecular flexibility index (Phi) is 6.07.